The molecule has 0 aliphatic carbocycles. The van der Waals surface area contributed by atoms with E-state index in [4.69, 9.17) is 27.9 Å². The second-order valence-corrected chi connectivity index (χ2v) is 8.47. The van der Waals surface area contributed by atoms with Crippen LogP contribution >= 0.6 is 35.0 Å². The van der Waals surface area contributed by atoms with Crippen molar-refractivity contribution in [3.63, 3.8) is 0 Å². The van der Waals surface area contributed by atoms with E-state index < -0.39 is 0 Å². The number of hydrogen-bond acceptors (Lipinski definition) is 6. The van der Waals surface area contributed by atoms with Gasteiger partial charge in [0.1, 0.15) is 0 Å². The van der Waals surface area contributed by atoms with Crippen LogP contribution in [-0.2, 0) is 9.53 Å². The third kappa shape index (κ3) is 4.95. The van der Waals surface area contributed by atoms with Crippen LogP contribution in [0.15, 0.2) is 47.9 Å². The Morgan fingerprint density at radius 2 is 2.17 bits per heavy atom. The SMILES string of the molecule is O=C(CSc1nnc(-c2cccnc2)n1-c1ccc(Cl)c(Cl)c1)NCC1CCCO1. The van der Waals surface area contributed by atoms with E-state index in [0.29, 0.717) is 27.6 Å². The first-order chi connectivity index (χ1) is 14.6. The van der Waals surface area contributed by atoms with E-state index in [9.17, 15) is 4.79 Å². The first-order valence-corrected chi connectivity index (χ1v) is 11.2. The van der Waals surface area contributed by atoms with Crippen LogP contribution in [0.4, 0.5) is 0 Å². The van der Waals surface area contributed by atoms with Gasteiger partial charge < -0.3 is 10.1 Å². The molecule has 0 saturated carbocycles. The van der Waals surface area contributed by atoms with Crippen molar-refractivity contribution in [2.24, 2.45) is 0 Å². The number of amides is 1. The molecule has 1 aliphatic heterocycles. The number of nitrogens with one attached hydrogen (secondary N) is 1. The number of rotatable bonds is 7. The Kier molecular flexibility index (Phi) is 6.89. The number of nitrogens with zero attached hydrogens (tertiary/aromatic N) is 4. The van der Waals surface area contributed by atoms with Gasteiger partial charge >= 0.3 is 0 Å². The van der Waals surface area contributed by atoms with Gasteiger partial charge in [-0.1, -0.05) is 35.0 Å². The van der Waals surface area contributed by atoms with Crippen LogP contribution < -0.4 is 5.32 Å². The molecule has 1 aromatic carbocycles. The highest BCUT2D eigenvalue weighted by atomic mass is 35.5. The van der Waals surface area contributed by atoms with Crippen LogP contribution in [0.25, 0.3) is 17.1 Å². The van der Waals surface area contributed by atoms with Crippen LogP contribution in [0.3, 0.4) is 0 Å². The number of pyridine rings is 1. The smallest absolute Gasteiger partial charge is 0.230 e. The van der Waals surface area contributed by atoms with Crippen molar-refractivity contribution in [1.29, 1.82) is 0 Å². The van der Waals surface area contributed by atoms with Crippen LogP contribution in [0, 0.1) is 0 Å². The second kappa shape index (κ2) is 9.78. The van der Waals surface area contributed by atoms with E-state index in [-0.39, 0.29) is 17.8 Å². The minimum absolute atomic E-state index is 0.0814. The number of hydrogen-bond donors (Lipinski definition) is 1. The van der Waals surface area contributed by atoms with Crippen molar-refractivity contribution in [2.45, 2.75) is 24.1 Å². The third-order valence-electron chi connectivity index (χ3n) is 4.60. The van der Waals surface area contributed by atoms with Gasteiger partial charge in [0, 0.05) is 31.1 Å². The maximum Gasteiger partial charge on any atom is 0.230 e. The van der Waals surface area contributed by atoms with E-state index >= 15 is 0 Å². The largest absolute Gasteiger partial charge is 0.376 e. The number of benzene rings is 1. The molecule has 0 bridgehead atoms. The number of ether oxygens (including phenoxy) is 1. The van der Waals surface area contributed by atoms with Gasteiger partial charge in [0.15, 0.2) is 11.0 Å². The zero-order valence-electron chi connectivity index (χ0n) is 15.9. The number of carbonyl (C=O) groups is 1. The summed E-state index contributed by atoms with van der Waals surface area (Å²) in [6, 6.07) is 9.02. The fourth-order valence-electron chi connectivity index (χ4n) is 3.12. The predicted octanol–water partition coefficient (Wildman–Crippen LogP) is 4.02. The number of thioether (sulfide) groups is 1. The molecule has 1 unspecified atom stereocenters. The Bertz CT molecular complexity index is 1030. The fourth-order valence-corrected chi connectivity index (χ4v) is 4.19. The molecule has 1 fully saturated rings. The third-order valence-corrected chi connectivity index (χ3v) is 6.27. The lowest BCUT2D eigenvalue weighted by atomic mass is 10.2. The Hall–Kier alpha value is -2.13. The van der Waals surface area contributed by atoms with E-state index in [1.54, 1.807) is 24.5 Å². The van der Waals surface area contributed by atoms with Crippen molar-refractivity contribution >= 4 is 40.9 Å². The molecule has 156 valence electrons. The summed E-state index contributed by atoms with van der Waals surface area (Å²) in [5.41, 5.74) is 1.54. The normalized spacial score (nSPS) is 16.0. The standard InChI is InChI=1S/C20H19Cl2N5O2S/c21-16-6-5-14(9-17(16)22)27-19(13-3-1-7-23-10-13)25-26-20(27)30-12-18(28)24-11-15-4-2-8-29-15/h1,3,5-7,9-10,15H,2,4,8,11-12H2,(H,24,28). The summed E-state index contributed by atoms with van der Waals surface area (Å²) >= 11 is 13.6. The molecule has 3 aromatic rings. The zero-order valence-corrected chi connectivity index (χ0v) is 18.3. The van der Waals surface area contributed by atoms with Crippen molar-refractivity contribution in [3.8, 4) is 17.1 Å². The molecule has 10 heteroatoms. The van der Waals surface area contributed by atoms with Crippen molar-refractivity contribution in [3.05, 3.63) is 52.8 Å². The maximum absolute atomic E-state index is 12.3. The molecule has 1 N–H and O–H groups in total. The lowest BCUT2D eigenvalue weighted by Gasteiger charge is -2.12. The zero-order chi connectivity index (χ0) is 20.9. The Balaban J connectivity index is 1.55. The van der Waals surface area contributed by atoms with E-state index in [1.807, 2.05) is 22.8 Å². The van der Waals surface area contributed by atoms with E-state index in [2.05, 4.69) is 20.5 Å². The van der Waals surface area contributed by atoms with E-state index in [0.717, 1.165) is 30.7 Å². The van der Waals surface area contributed by atoms with Gasteiger partial charge in [-0.15, -0.1) is 10.2 Å². The van der Waals surface area contributed by atoms with Crippen LogP contribution in [0.5, 0.6) is 0 Å². The van der Waals surface area contributed by atoms with Gasteiger partial charge in [-0.05, 0) is 43.2 Å². The highest BCUT2D eigenvalue weighted by Gasteiger charge is 2.19. The molecule has 7 nitrogen and oxygen atoms in total. The van der Waals surface area contributed by atoms with E-state index in [1.165, 1.54) is 11.8 Å². The Labute approximate surface area is 188 Å². The summed E-state index contributed by atoms with van der Waals surface area (Å²) in [7, 11) is 0. The van der Waals surface area contributed by atoms with Gasteiger partial charge in [-0.2, -0.15) is 0 Å². The first kappa shape index (κ1) is 21.1. The van der Waals surface area contributed by atoms with Gasteiger partial charge in [0.2, 0.25) is 5.91 Å². The topological polar surface area (TPSA) is 81.9 Å². The molecule has 4 rings (SSSR count). The fraction of sp³-hybridized carbons (Fsp3) is 0.300. The molecular formula is C20H19Cl2N5O2S. The second-order valence-electron chi connectivity index (χ2n) is 6.71. The highest BCUT2D eigenvalue weighted by molar-refractivity contribution is 7.99. The molecule has 1 saturated heterocycles. The molecule has 2 aromatic heterocycles. The molecule has 3 heterocycles. The lowest BCUT2D eigenvalue weighted by Crippen LogP contribution is -2.32. The number of carbonyl (C=O) groups excluding carboxylic acids is 1. The van der Waals surface area contributed by atoms with Gasteiger partial charge in [0.25, 0.3) is 0 Å². The minimum Gasteiger partial charge on any atom is -0.376 e. The van der Waals surface area contributed by atoms with Crippen LogP contribution in [-0.4, -0.2) is 50.7 Å². The summed E-state index contributed by atoms with van der Waals surface area (Å²) in [4.78, 5) is 16.5. The predicted molar refractivity (Wildman–Crippen MR) is 117 cm³/mol. The highest BCUT2D eigenvalue weighted by Crippen LogP contribution is 2.31. The first-order valence-electron chi connectivity index (χ1n) is 9.44. The quantitative estimate of drug-likeness (QED) is 0.532. The van der Waals surface area contributed by atoms with Crippen molar-refractivity contribution in [2.75, 3.05) is 18.9 Å². The molecule has 0 radical (unpaired) electrons. The average Bonchev–Trinajstić information content (AvgIpc) is 3.43. The average molecular weight is 464 g/mol. The lowest BCUT2D eigenvalue weighted by molar-refractivity contribution is -0.119. The summed E-state index contributed by atoms with van der Waals surface area (Å²) in [5.74, 6) is 0.727. The minimum atomic E-state index is -0.0814. The Morgan fingerprint density at radius 1 is 1.27 bits per heavy atom. The van der Waals surface area contributed by atoms with Crippen LogP contribution in [0.1, 0.15) is 12.8 Å². The summed E-state index contributed by atoms with van der Waals surface area (Å²) in [6.07, 6.45) is 5.53. The summed E-state index contributed by atoms with van der Waals surface area (Å²) in [6.45, 7) is 1.29. The monoisotopic (exact) mass is 463 g/mol. The molecule has 30 heavy (non-hydrogen) atoms. The Morgan fingerprint density at radius 3 is 2.90 bits per heavy atom. The molecular weight excluding hydrogens is 445 g/mol. The van der Waals surface area contributed by atoms with Gasteiger partial charge in [-0.25, -0.2) is 0 Å². The molecule has 1 amide bonds. The van der Waals surface area contributed by atoms with Crippen LogP contribution in [0.2, 0.25) is 10.0 Å². The van der Waals surface area contributed by atoms with Gasteiger partial charge in [-0.3, -0.25) is 14.3 Å². The van der Waals surface area contributed by atoms with Crippen molar-refractivity contribution in [1.82, 2.24) is 25.1 Å². The molecule has 1 aliphatic rings. The van der Waals surface area contributed by atoms with Gasteiger partial charge in [0.05, 0.1) is 27.6 Å². The molecule has 0 spiro atoms. The van der Waals surface area contributed by atoms with Crippen molar-refractivity contribution < 1.29 is 9.53 Å². The number of aromatic nitrogens is 4. The maximum atomic E-state index is 12.3. The molecule has 1 atom stereocenters. The number of halogens is 2. The summed E-state index contributed by atoms with van der Waals surface area (Å²) in [5, 5.41) is 13.0. The summed E-state index contributed by atoms with van der Waals surface area (Å²) < 4.78 is 7.38.